The Morgan fingerprint density at radius 2 is 2.06 bits per heavy atom. The zero-order chi connectivity index (χ0) is 12.6. The Kier molecular flexibility index (Phi) is 7.57. The third kappa shape index (κ3) is 6.41. The standard InChI is InChI=1S/C12H23N3O/c1-5-15(8-6-7-13)9-12(16)14-11(4)10(2)3/h10-11H,5-6,8-9H2,1-4H3,(H,14,16). The van der Waals surface area contributed by atoms with Crippen LogP contribution < -0.4 is 5.32 Å². The van der Waals surface area contributed by atoms with Gasteiger partial charge in [0.1, 0.15) is 0 Å². The predicted octanol–water partition coefficient (Wildman–Crippen LogP) is 1.38. The molecule has 0 saturated heterocycles. The van der Waals surface area contributed by atoms with E-state index in [0.29, 0.717) is 25.4 Å². The molecule has 0 aliphatic rings. The maximum atomic E-state index is 11.7. The van der Waals surface area contributed by atoms with E-state index in [2.05, 4.69) is 25.2 Å². The molecule has 0 radical (unpaired) electrons. The number of carbonyl (C=O) groups is 1. The van der Waals surface area contributed by atoms with Gasteiger partial charge in [0, 0.05) is 19.0 Å². The summed E-state index contributed by atoms with van der Waals surface area (Å²) < 4.78 is 0. The molecule has 92 valence electrons. The summed E-state index contributed by atoms with van der Waals surface area (Å²) in [6.07, 6.45) is 0.473. The van der Waals surface area contributed by atoms with Crippen LogP contribution in [0.4, 0.5) is 0 Å². The van der Waals surface area contributed by atoms with Crippen LogP contribution in [-0.2, 0) is 4.79 Å². The molecule has 0 bridgehead atoms. The van der Waals surface area contributed by atoms with Gasteiger partial charge in [-0.25, -0.2) is 0 Å². The van der Waals surface area contributed by atoms with Crippen molar-refractivity contribution in [3.05, 3.63) is 0 Å². The molecule has 0 rings (SSSR count). The van der Waals surface area contributed by atoms with Crippen molar-refractivity contribution in [3.8, 4) is 6.07 Å². The molecule has 0 aromatic rings. The summed E-state index contributed by atoms with van der Waals surface area (Å²) in [4.78, 5) is 13.6. The highest BCUT2D eigenvalue weighted by Gasteiger charge is 2.13. The third-order valence-electron chi connectivity index (χ3n) is 2.74. The topological polar surface area (TPSA) is 56.1 Å². The van der Waals surface area contributed by atoms with Gasteiger partial charge in [-0.1, -0.05) is 20.8 Å². The maximum Gasteiger partial charge on any atom is 0.234 e. The van der Waals surface area contributed by atoms with E-state index in [-0.39, 0.29) is 11.9 Å². The van der Waals surface area contributed by atoms with Crippen molar-refractivity contribution in [2.75, 3.05) is 19.6 Å². The van der Waals surface area contributed by atoms with Crippen molar-refractivity contribution in [2.24, 2.45) is 5.92 Å². The van der Waals surface area contributed by atoms with Crippen molar-refractivity contribution < 1.29 is 4.79 Å². The highest BCUT2D eigenvalue weighted by atomic mass is 16.2. The van der Waals surface area contributed by atoms with Gasteiger partial charge in [-0.3, -0.25) is 9.69 Å². The Hall–Kier alpha value is -1.08. The molecule has 1 N–H and O–H groups in total. The van der Waals surface area contributed by atoms with Crippen LogP contribution in [0, 0.1) is 17.2 Å². The van der Waals surface area contributed by atoms with Crippen LogP contribution in [0.1, 0.15) is 34.1 Å². The van der Waals surface area contributed by atoms with E-state index in [1.54, 1.807) is 0 Å². The van der Waals surface area contributed by atoms with E-state index in [9.17, 15) is 4.79 Å². The van der Waals surface area contributed by atoms with Crippen molar-refractivity contribution in [1.29, 1.82) is 5.26 Å². The van der Waals surface area contributed by atoms with E-state index in [0.717, 1.165) is 6.54 Å². The van der Waals surface area contributed by atoms with Gasteiger partial charge < -0.3 is 5.32 Å². The lowest BCUT2D eigenvalue weighted by Gasteiger charge is -2.22. The predicted molar refractivity (Wildman–Crippen MR) is 64.8 cm³/mol. The van der Waals surface area contributed by atoms with Crippen LogP contribution in [-0.4, -0.2) is 36.5 Å². The van der Waals surface area contributed by atoms with Crippen molar-refractivity contribution >= 4 is 5.91 Å². The number of amides is 1. The molecule has 1 amide bonds. The molecule has 0 aromatic carbocycles. The van der Waals surface area contributed by atoms with Gasteiger partial charge in [0.25, 0.3) is 0 Å². The fraction of sp³-hybridized carbons (Fsp3) is 0.833. The molecular formula is C12H23N3O. The molecule has 0 aliphatic carbocycles. The lowest BCUT2D eigenvalue weighted by molar-refractivity contribution is -0.123. The average Bonchev–Trinajstić information content (AvgIpc) is 2.23. The summed E-state index contributed by atoms with van der Waals surface area (Å²) in [6, 6.07) is 2.29. The molecule has 0 spiro atoms. The molecule has 4 nitrogen and oxygen atoms in total. The largest absolute Gasteiger partial charge is 0.352 e. The molecule has 0 heterocycles. The molecule has 0 saturated carbocycles. The number of nitriles is 1. The maximum absolute atomic E-state index is 11.7. The Balaban J connectivity index is 3.96. The number of rotatable bonds is 7. The van der Waals surface area contributed by atoms with Crippen LogP contribution in [0.2, 0.25) is 0 Å². The van der Waals surface area contributed by atoms with Gasteiger partial charge >= 0.3 is 0 Å². The van der Waals surface area contributed by atoms with Gasteiger partial charge in [-0.05, 0) is 19.4 Å². The van der Waals surface area contributed by atoms with E-state index in [1.807, 2.05) is 18.7 Å². The molecule has 0 aromatic heterocycles. The van der Waals surface area contributed by atoms with Crippen molar-refractivity contribution in [1.82, 2.24) is 10.2 Å². The monoisotopic (exact) mass is 225 g/mol. The van der Waals surface area contributed by atoms with Gasteiger partial charge in [-0.15, -0.1) is 0 Å². The van der Waals surface area contributed by atoms with E-state index < -0.39 is 0 Å². The minimum atomic E-state index is 0.0426. The summed E-state index contributed by atoms with van der Waals surface area (Å²) >= 11 is 0. The second-order valence-corrected chi connectivity index (χ2v) is 4.38. The first-order valence-corrected chi connectivity index (χ1v) is 5.89. The lowest BCUT2D eigenvalue weighted by atomic mass is 10.1. The summed E-state index contributed by atoms with van der Waals surface area (Å²) in [5, 5.41) is 11.4. The summed E-state index contributed by atoms with van der Waals surface area (Å²) in [7, 11) is 0. The van der Waals surface area contributed by atoms with Crippen molar-refractivity contribution in [3.63, 3.8) is 0 Å². The Morgan fingerprint density at radius 3 is 2.50 bits per heavy atom. The number of hydrogen-bond acceptors (Lipinski definition) is 3. The molecular weight excluding hydrogens is 202 g/mol. The smallest absolute Gasteiger partial charge is 0.234 e. The normalized spacial score (nSPS) is 12.6. The third-order valence-corrected chi connectivity index (χ3v) is 2.74. The van der Waals surface area contributed by atoms with Crippen LogP contribution in [0.15, 0.2) is 0 Å². The zero-order valence-corrected chi connectivity index (χ0v) is 10.8. The van der Waals surface area contributed by atoms with E-state index in [1.165, 1.54) is 0 Å². The van der Waals surface area contributed by atoms with Crippen molar-refractivity contribution in [2.45, 2.75) is 40.2 Å². The molecule has 0 fully saturated rings. The summed E-state index contributed by atoms with van der Waals surface area (Å²) in [5.41, 5.74) is 0. The van der Waals surface area contributed by atoms with Crippen LogP contribution >= 0.6 is 0 Å². The first-order valence-electron chi connectivity index (χ1n) is 5.89. The van der Waals surface area contributed by atoms with Gasteiger partial charge in [-0.2, -0.15) is 5.26 Å². The fourth-order valence-electron chi connectivity index (χ4n) is 1.23. The molecule has 16 heavy (non-hydrogen) atoms. The average molecular weight is 225 g/mol. The Labute approximate surface area is 98.6 Å². The quantitative estimate of drug-likeness (QED) is 0.712. The van der Waals surface area contributed by atoms with E-state index in [4.69, 9.17) is 5.26 Å². The minimum Gasteiger partial charge on any atom is -0.352 e. The molecule has 1 atom stereocenters. The van der Waals surface area contributed by atoms with Crippen LogP contribution in [0.25, 0.3) is 0 Å². The Morgan fingerprint density at radius 1 is 1.44 bits per heavy atom. The molecule has 4 heteroatoms. The number of hydrogen-bond donors (Lipinski definition) is 1. The lowest BCUT2D eigenvalue weighted by Crippen LogP contribution is -2.43. The summed E-state index contributed by atoms with van der Waals surface area (Å²) in [5.74, 6) is 0.485. The SMILES string of the molecule is CCN(CCC#N)CC(=O)NC(C)C(C)C. The fourth-order valence-corrected chi connectivity index (χ4v) is 1.23. The first kappa shape index (κ1) is 14.9. The van der Waals surface area contributed by atoms with Gasteiger partial charge in [0.15, 0.2) is 0 Å². The highest BCUT2D eigenvalue weighted by Crippen LogP contribution is 1.99. The second kappa shape index (κ2) is 8.12. The molecule has 1 unspecified atom stereocenters. The van der Waals surface area contributed by atoms with E-state index >= 15 is 0 Å². The zero-order valence-electron chi connectivity index (χ0n) is 10.8. The number of nitrogens with zero attached hydrogens (tertiary/aromatic N) is 2. The molecule has 0 aliphatic heterocycles. The number of carbonyl (C=O) groups excluding carboxylic acids is 1. The minimum absolute atomic E-state index is 0.0426. The van der Waals surface area contributed by atoms with Gasteiger partial charge in [0.2, 0.25) is 5.91 Å². The Bertz CT molecular complexity index is 245. The van der Waals surface area contributed by atoms with Crippen LogP contribution in [0.3, 0.4) is 0 Å². The first-order chi connectivity index (χ1) is 7.51. The highest BCUT2D eigenvalue weighted by molar-refractivity contribution is 5.78. The van der Waals surface area contributed by atoms with Gasteiger partial charge in [0.05, 0.1) is 12.6 Å². The number of nitrogens with one attached hydrogen (secondary N) is 1. The summed E-state index contributed by atoms with van der Waals surface area (Å²) in [6.45, 7) is 10.0. The van der Waals surface area contributed by atoms with Crippen LogP contribution in [0.5, 0.6) is 0 Å². The number of likely N-dealkylation sites (N-methyl/N-ethyl adjacent to an activating group) is 1. The second-order valence-electron chi connectivity index (χ2n) is 4.38.